The second-order valence-corrected chi connectivity index (χ2v) is 7.32. The number of nitrogens with one attached hydrogen (secondary N) is 2. The van der Waals surface area contributed by atoms with E-state index in [0.717, 1.165) is 0 Å². The zero-order chi connectivity index (χ0) is 23.5. The Morgan fingerprint density at radius 2 is 1.17 bits per heavy atom. The predicted molar refractivity (Wildman–Crippen MR) is 93.6 cm³/mol. The third-order valence-corrected chi connectivity index (χ3v) is 3.95. The first-order valence-corrected chi connectivity index (χ1v) is 8.46. The second kappa shape index (κ2) is 8.51. The Labute approximate surface area is 171 Å². The number of ether oxygens (including phenoxy) is 4. The molecule has 0 unspecified atom stereocenters. The van der Waals surface area contributed by atoms with Crippen LogP contribution >= 0.6 is 0 Å². The van der Waals surface area contributed by atoms with Gasteiger partial charge in [-0.15, -0.1) is 0 Å². The molecule has 0 bridgehead atoms. The van der Waals surface area contributed by atoms with Crippen LogP contribution in [0.15, 0.2) is 5.16 Å². The van der Waals surface area contributed by atoms with E-state index in [4.69, 9.17) is 29.4 Å². The van der Waals surface area contributed by atoms with E-state index < -0.39 is 46.5 Å². The molecule has 2 rings (SSSR count). The van der Waals surface area contributed by atoms with Gasteiger partial charge in [-0.25, -0.2) is 19.2 Å². The van der Waals surface area contributed by atoms with Crippen LogP contribution in [-0.4, -0.2) is 69.8 Å². The zero-order valence-corrected chi connectivity index (χ0v) is 17.5. The van der Waals surface area contributed by atoms with Crippen molar-refractivity contribution in [3.05, 3.63) is 0 Å². The van der Waals surface area contributed by atoms with Gasteiger partial charge in [-0.1, -0.05) is 5.16 Å². The van der Waals surface area contributed by atoms with Crippen LogP contribution in [0, 0.1) is 0 Å². The minimum absolute atomic E-state index is 0.131. The number of cyclic esters (lactones) is 4. The quantitative estimate of drug-likeness (QED) is 0.184. The van der Waals surface area contributed by atoms with Crippen molar-refractivity contribution < 1.29 is 53.4 Å². The summed E-state index contributed by atoms with van der Waals surface area (Å²) < 4.78 is 19.2. The Morgan fingerprint density at radius 3 is 1.47 bits per heavy atom. The van der Waals surface area contributed by atoms with Crippen molar-refractivity contribution in [3.8, 4) is 0 Å². The molecule has 0 aliphatic carbocycles. The van der Waals surface area contributed by atoms with Gasteiger partial charge in [-0.2, -0.15) is 11.0 Å². The lowest BCUT2D eigenvalue weighted by Crippen LogP contribution is -2.68. The number of oxime groups is 1. The molecule has 0 spiro atoms. The summed E-state index contributed by atoms with van der Waals surface area (Å²) in [5.41, 5.74) is -0.996. The summed E-state index contributed by atoms with van der Waals surface area (Å²) in [5, 5.41) is 21.1. The number of hydrogen-bond acceptors (Lipinski definition) is 14. The van der Waals surface area contributed by atoms with Crippen LogP contribution in [0.25, 0.3) is 0 Å². The summed E-state index contributed by atoms with van der Waals surface area (Å²) in [5.74, 6) is -6.42. The maximum Gasteiger partial charge on any atom is 0.349 e. The average molecular weight is 435 g/mol. The van der Waals surface area contributed by atoms with Crippen molar-refractivity contribution in [1.29, 1.82) is 0 Å². The summed E-state index contributed by atoms with van der Waals surface area (Å²) in [4.78, 5) is 50.5. The molecule has 14 nitrogen and oxygen atoms in total. The molecule has 0 saturated carbocycles. The first-order chi connectivity index (χ1) is 13.6. The highest BCUT2D eigenvalue weighted by Crippen LogP contribution is 2.27. The van der Waals surface area contributed by atoms with Crippen molar-refractivity contribution in [2.75, 3.05) is 7.11 Å². The first-order valence-electron chi connectivity index (χ1n) is 8.46. The van der Waals surface area contributed by atoms with Gasteiger partial charge in [-0.3, -0.25) is 0 Å². The fraction of sp³-hybridized carbons (Fsp3) is 0.688. The number of rotatable bonds is 4. The molecule has 0 aromatic rings. The van der Waals surface area contributed by atoms with E-state index in [0.29, 0.717) is 0 Å². The van der Waals surface area contributed by atoms with Crippen molar-refractivity contribution in [1.82, 2.24) is 11.0 Å². The third kappa shape index (κ3) is 4.67. The SMILES string of the molecule is CC1(C)OC(=O)C(C)(NO)C(=O)O1.CO/N=C(\C)C1(NO)C(=O)OC(C)(C)OC1=O. The van der Waals surface area contributed by atoms with Gasteiger partial charge in [-0.05, 0) is 13.8 Å². The molecule has 2 heterocycles. The Kier molecular flexibility index (Phi) is 7.16. The molecule has 2 fully saturated rings. The predicted octanol–water partition coefficient (Wildman–Crippen LogP) is -0.878. The average Bonchev–Trinajstić information content (AvgIpc) is 2.59. The summed E-state index contributed by atoms with van der Waals surface area (Å²) in [7, 11) is 1.23. The number of hydrogen-bond donors (Lipinski definition) is 4. The van der Waals surface area contributed by atoms with E-state index in [9.17, 15) is 19.2 Å². The molecule has 0 atom stereocenters. The van der Waals surface area contributed by atoms with Gasteiger partial charge < -0.3 is 34.2 Å². The Hall–Kier alpha value is -2.81. The topological polar surface area (TPSA) is 191 Å². The lowest BCUT2D eigenvalue weighted by Gasteiger charge is -2.38. The monoisotopic (exact) mass is 435 g/mol. The highest BCUT2D eigenvalue weighted by Gasteiger charge is 2.59. The van der Waals surface area contributed by atoms with Gasteiger partial charge >= 0.3 is 23.9 Å². The molecule has 2 aliphatic heterocycles. The normalized spacial score (nSPS) is 23.7. The van der Waals surface area contributed by atoms with Gasteiger partial charge in [0.2, 0.25) is 5.54 Å². The number of carbonyl (C=O) groups is 4. The number of hydroxylamine groups is 2. The molecular formula is C16H25N3O11. The van der Waals surface area contributed by atoms with Crippen LogP contribution in [0.5, 0.6) is 0 Å². The van der Waals surface area contributed by atoms with Crippen molar-refractivity contribution in [3.63, 3.8) is 0 Å². The largest absolute Gasteiger partial charge is 0.421 e. The highest BCUT2D eigenvalue weighted by atomic mass is 16.8. The molecule has 30 heavy (non-hydrogen) atoms. The Bertz CT molecular complexity index is 720. The van der Waals surface area contributed by atoms with Crippen LogP contribution in [-0.2, 0) is 43.0 Å². The molecule has 14 heteroatoms. The van der Waals surface area contributed by atoms with Crippen molar-refractivity contribution in [2.45, 2.75) is 64.2 Å². The minimum Gasteiger partial charge on any atom is -0.421 e. The second-order valence-electron chi connectivity index (χ2n) is 7.32. The Morgan fingerprint density at radius 1 is 0.800 bits per heavy atom. The van der Waals surface area contributed by atoms with E-state index in [-0.39, 0.29) is 5.71 Å². The van der Waals surface area contributed by atoms with Gasteiger partial charge in [0.15, 0.2) is 0 Å². The summed E-state index contributed by atoms with van der Waals surface area (Å²) in [6.07, 6.45) is 0. The van der Waals surface area contributed by atoms with Crippen LogP contribution in [0.3, 0.4) is 0 Å². The molecule has 4 N–H and O–H groups in total. The van der Waals surface area contributed by atoms with Crippen LogP contribution < -0.4 is 11.0 Å². The maximum absolute atomic E-state index is 11.8. The third-order valence-electron chi connectivity index (χ3n) is 3.95. The smallest absolute Gasteiger partial charge is 0.349 e. The molecule has 2 aliphatic rings. The summed E-state index contributed by atoms with van der Waals surface area (Å²) >= 11 is 0. The molecule has 2 saturated heterocycles. The van der Waals surface area contributed by atoms with E-state index in [1.54, 1.807) is 11.0 Å². The number of esters is 4. The van der Waals surface area contributed by atoms with Crippen LogP contribution in [0.4, 0.5) is 0 Å². The number of carbonyl (C=O) groups excluding carboxylic acids is 4. The standard InChI is InChI=1S/C9H14N2O6.C7H11NO5/c1-5(10-15-4)9(11-14)6(12)16-8(2,3)17-7(9)13;1-6(2)12-4(9)7(3,8-11)5(10)13-6/h11,14H,1-4H3;8,11H,1-3H3/b10-5+;. The fourth-order valence-electron chi connectivity index (χ4n) is 2.22. The van der Waals surface area contributed by atoms with E-state index in [1.807, 2.05) is 0 Å². The lowest BCUT2D eigenvalue weighted by molar-refractivity contribution is -0.249. The molecule has 0 radical (unpaired) electrons. The Balaban J connectivity index is 0.000000311. The molecular weight excluding hydrogens is 410 g/mol. The van der Waals surface area contributed by atoms with Gasteiger partial charge in [0.1, 0.15) is 7.11 Å². The van der Waals surface area contributed by atoms with Gasteiger partial charge in [0.05, 0.1) is 5.71 Å². The van der Waals surface area contributed by atoms with Gasteiger partial charge in [0.25, 0.3) is 17.1 Å². The highest BCUT2D eigenvalue weighted by molar-refractivity contribution is 6.27. The first kappa shape index (κ1) is 25.2. The summed E-state index contributed by atoms with van der Waals surface area (Å²) in [6, 6.07) is 0. The van der Waals surface area contributed by atoms with E-state index >= 15 is 0 Å². The van der Waals surface area contributed by atoms with Crippen LogP contribution in [0.1, 0.15) is 41.5 Å². The zero-order valence-electron chi connectivity index (χ0n) is 17.5. The maximum atomic E-state index is 11.8. The van der Waals surface area contributed by atoms with E-state index in [2.05, 4.69) is 9.99 Å². The van der Waals surface area contributed by atoms with Crippen molar-refractivity contribution in [2.24, 2.45) is 5.16 Å². The fourth-order valence-corrected chi connectivity index (χ4v) is 2.22. The minimum atomic E-state index is -2.19. The number of nitrogens with zero attached hydrogens (tertiary/aromatic N) is 1. The lowest BCUT2D eigenvalue weighted by atomic mass is 9.94. The van der Waals surface area contributed by atoms with E-state index in [1.165, 1.54) is 48.7 Å². The molecule has 0 aromatic heterocycles. The molecule has 170 valence electrons. The summed E-state index contributed by atoms with van der Waals surface area (Å²) in [6.45, 7) is 8.14. The molecule has 0 amide bonds. The van der Waals surface area contributed by atoms with Gasteiger partial charge in [0, 0.05) is 27.7 Å². The van der Waals surface area contributed by atoms with Crippen LogP contribution in [0.2, 0.25) is 0 Å². The van der Waals surface area contributed by atoms with Crippen molar-refractivity contribution >= 4 is 29.6 Å². The molecule has 0 aromatic carbocycles.